The number of amides is 1. The van der Waals surface area contributed by atoms with Gasteiger partial charge in [0, 0.05) is 67.7 Å². The van der Waals surface area contributed by atoms with Crippen molar-refractivity contribution in [2.45, 2.75) is 32.0 Å². The molecule has 3 aromatic carbocycles. The zero-order valence-corrected chi connectivity index (χ0v) is 24.7. The van der Waals surface area contributed by atoms with Crippen molar-refractivity contribution in [3.8, 4) is 0 Å². The lowest BCUT2D eigenvalue weighted by molar-refractivity contribution is -0.384. The van der Waals surface area contributed by atoms with Crippen LogP contribution in [0.25, 0.3) is 0 Å². The number of non-ortho nitro benzene ring substituents is 1. The van der Waals surface area contributed by atoms with E-state index < -0.39 is 12.4 Å². The first-order chi connectivity index (χ1) is 21.3. The molecule has 0 saturated carbocycles. The van der Waals surface area contributed by atoms with Crippen LogP contribution in [0.4, 0.5) is 21.9 Å². The molecular weight excluding hydrogens is 564 g/mol. The standard InChI is InChI=1S/C33H38N4O7/c1-3-20-42-33(39)34-27-10-8-26(9-11-27)32-43-30(23(2)31(44-32)25-6-4-24(22-38)5-7-25)21-35-16-18-36(19-17-35)28-12-14-29(15-13-28)37(40)41/h3-15,23,30-32,38H,1,16-22H2,2H3,(H,34,39)/t23-,30+,31+,32+/m0/s1. The first kappa shape index (κ1) is 31.1. The van der Waals surface area contributed by atoms with Gasteiger partial charge in [-0.15, -0.1) is 0 Å². The molecule has 4 atom stereocenters. The molecule has 2 aliphatic heterocycles. The first-order valence-corrected chi connectivity index (χ1v) is 14.7. The van der Waals surface area contributed by atoms with E-state index in [1.807, 2.05) is 36.4 Å². The van der Waals surface area contributed by atoms with E-state index in [4.69, 9.17) is 14.2 Å². The van der Waals surface area contributed by atoms with E-state index >= 15 is 0 Å². The Morgan fingerprint density at radius 3 is 2.30 bits per heavy atom. The number of ether oxygens (including phenoxy) is 3. The predicted octanol–water partition coefficient (Wildman–Crippen LogP) is 5.44. The van der Waals surface area contributed by atoms with E-state index in [1.165, 1.54) is 6.08 Å². The molecule has 0 aromatic heterocycles. The smallest absolute Gasteiger partial charge is 0.411 e. The fourth-order valence-electron chi connectivity index (χ4n) is 5.57. The third-order valence-electron chi connectivity index (χ3n) is 8.12. The van der Waals surface area contributed by atoms with E-state index in [0.717, 1.165) is 55.1 Å². The number of hydrogen-bond donors (Lipinski definition) is 2. The van der Waals surface area contributed by atoms with Crippen LogP contribution in [0.1, 0.15) is 36.0 Å². The highest BCUT2D eigenvalue weighted by Gasteiger charge is 2.39. The molecule has 1 amide bonds. The maximum Gasteiger partial charge on any atom is 0.411 e. The summed E-state index contributed by atoms with van der Waals surface area (Å²) in [5.74, 6) is 0.0412. The lowest BCUT2D eigenvalue weighted by atomic mass is 9.90. The summed E-state index contributed by atoms with van der Waals surface area (Å²) in [7, 11) is 0. The minimum atomic E-state index is -0.623. The fourth-order valence-corrected chi connectivity index (χ4v) is 5.57. The molecule has 11 nitrogen and oxygen atoms in total. The summed E-state index contributed by atoms with van der Waals surface area (Å²) < 4.78 is 18.2. The van der Waals surface area contributed by atoms with Crippen LogP contribution in [0, 0.1) is 16.0 Å². The summed E-state index contributed by atoms with van der Waals surface area (Å²) in [6.07, 6.45) is -0.0445. The molecular formula is C33H38N4O7. The van der Waals surface area contributed by atoms with Crippen LogP contribution < -0.4 is 10.2 Å². The lowest BCUT2D eigenvalue weighted by Crippen LogP contribution is -2.51. The van der Waals surface area contributed by atoms with Gasteiger partial charge in [0.25, 0.3) is 5.69 Å². The van der Waals surface area contributed by atoms with Crippen molar-refractivity contribution in [2.24, 2.45) is 5.92 Å². The molecule has 0 radical (unpaired) electrons. The summed E-state index contributed by atoms with van der Waals surface area (Å²) in [4.78, 5) is 27.2. The van der Waals surface area contributed by atoms with Gasteiger partial charge in [-0.1, -0.05) is 56.0 Å². The number of anilines is 2. The molecule has 2 aliphatic rings. The molecule has 0 unspecified atom stereocenters. The quantitative estimate of drug-likeness (QED) is 0.177. The lowest BCUT2D eigenvalue weighted by Gasteiger charge is -2.44. The van der Waals surface area contributed by atoms with Crippen LogP contribution in [-0.2, 0) is 20.8 Å². The SMILES string of the molecule is C=CCOC(=O)Nc1ccc([C@@H]2O[C@H](CN3CCN(c4ccc([N+](=O)[O-])cc4)CC3)[C@H](C)[C@H](c3ccc(CO)cc3)O2)cc1. The Kier molecular flexibility index (Phi) is 10.2. The Morgan fingerprint density at radius 1 is 1.02 bits per heavy atom. The number of carbonyl (C=O) groups is 1. The number of hydrogen-bond acceptors (Lipinski definition) is 9. The third kappa shape index (κ3) is 7.61. The number of rotatable bonds is 10. The van der Waals surface area contributed by atoms with Gasteiger partial charge in [-0.3, -0.25) is 20.3 Å². The van der Waals surface area contributed by atoms with Crippen molar-refractivity contribution in [2.75, 3.05) is 49.5 Å². The van der Waals surface area contributed by atoms with Gasteiger partial charge in [0.15, 0.2) is 6.29 Å². The largest absolute Gasteiger partial charge is 0.445 e. The van der Waals surface area contributed by atoms with E-state index in [-0.39, 0.29) is 42.0 Å². The molecule has 3 aromatic rings. The Morgan fingerprint density at radius 2 is 1.68 bits per heavy atom. The van der Waals surface area contributed by atoms with Gasteiger partial charge in [0.2, 0.25) is 0 Å². The van der Waals surface area contributed by atoms with Gasteiger partial charge in [0.1, 0.15) is 6.61 Å². The van der Waals surface area contributed by atoms with Crippen molar-refractivity contribution in [1.82, 2.24) is 4.90 Å². The Labute approximate surface area is 256 Å². The summed E-state index contributed by atoms with van der Waals surface area (Å²) in [5, 5.41) is 23.2. The second kappa shape index (κ2) is 14.5. The molecule has 0 bridgehead atoms. The third-order valence-corrected chi connectivity index (χ3v) is 8.12. The van der Waals surface area contributed by atoms with E-state index in [0.29, 0.717) is 5.69 Å². The van der Waals surface area contributed by atoms with Crippen molar-refractivity contribution in [3.63, 3.8) is 0 Å². The zero-order valence-electron chi connectivity index (χ0n) is 24.7. The number of nitro benzene ring substituents is 1. The van der Waals surface area contributed by atoms with Crippen molar-refractivity contribution < 1.29 is 29.0 Å². The van der Waals surface area contributed by atoms with E-state index in [9.17, 15) is 20.0 Å². The average molecular weight is 603 g/mol. The molecule has 2 fully saturated rings. The molecule has 2 saturated heterocycles. The molecule has 5 rings (SSSR count). The molecule has 44 heavy (non-hydrogen) atoms. The van der Waals surface area contributed by atoms with Crippen LogP contribution >= 0.6 is 0 Å². The molecule has 232 valence electrons. The van der Waals surface area contributed by atoms with Crippen LogP contribution in [0.3, 0.4) is 0 Å². The molecule has 2 N–H and O–H groups in total. The molecule has 0 aliphatic carbocycles. The number of nitrogens with one attached hydrogen (secondary N) is 1. The highest BCUT2D eigenvalue weighted by atomic mass is 16.7. The maximum atomic E-state index is 11.9. The number of aliphatic hydroxyl groups excluding tert-OH is 1. The second-order valence-electron chi connectivity index (χ2n) is 11.0. The van der Waals surface area contributed by atoms with E-state index in [1.54, 1.807) is 36.4 Å². The molecule has 0 spiro atoms. The molecule has 2 heterocycles. The van der Waals surface area contributed by atoms with E-state index in [2.05, 4.69) is 28.6 Å². The van der Waals surface area contributed by atoms with Crippen molar-refractivity contribution in [1.29, 1.82) is 0 Å². The first-order valence-electron chi connectivity index (χ1n) is 14.7. The Balaban J connectivity index is 1.28. The summed E-state index contributed by atoms with van der Waals surface area (Å²) in [5.41, 5.74) is 4.33. The average Bonchev–Trinajstić information content (AvgIpc) is 3.05. The molecule has 11 heteroatoms. The summed E-state index contributed by atoms with van der Waals surface area (Å²) in [6, 6.07) is 21.8. The Hall–Kier alpha value is -4.29. The number of nitrogens with zero attached hydrogens (tertiary/aromatic N) is 3. The number of nitro groups is 1. The highest BCUT2D eigenvalue weighted by molar-refractivity contribution is 5.84. The van der Waals surface area contributed by atoms with Crippen molar-refractivity contribution >= 4 is 23.2 Å². The fraction of sp³-hybridized carbons (Fsp3) is 0.364. The minimum absolute atomic E-state index is 0.0247. The zero-order chi connectivity index (χ0) is 31.1. The van der Waals surface area contributed by atoms with Gasteiger partial charge in [0.05, 0.1) is 23.7 Å². The normalized spacial score (nSPS) is 22.3. The summed E-state index contributed by atoms with van der Waals surface area (Å²) >= 11 is 0. The minimum Gasteiger partial charge on any atom is -0.445 e. The van der Waals surface area contributed by atoms with Gasteiger partial charge < -0.3 is 24.2 Å². The number of carbonyl (C=O) groups excluding carboxylic acids is 1. The Bertz CT molecular complexity index is 1410. The topological polar surface area (TPSA) is 127 Å². The van der Waals surface area contributed by atoms with Gasteiger partial charge in [-0.05, 0) is 35.4 Å². The number of piperazine rings is 1. The second-order valence-corrected chi connectivity index (χ2v) is 11.0. The van der Waals surface area contributed by atoms with Gasteiger partial charge in [-0.2, -0.15) is 0 Å². The van der Waals surface area contributed by atoms with Crippen LogP contribution in [0.5, 0.6) is 0 Å². The predicted molar refractivity (Wildman–Crippen MR) is 166 cm³/mol. The van der Waals surface area contributed by atoms with Crippen LogP contribution in [0.15, 0.2) is 85.5 Å². The highest BCUT2D eigenvalue weighted by Crippen LogP contribution is 2.42. The monoisotopic (exact) mass is 602 g/mol. The summed E-state index contributed by atoms with van der Waals surface area (Å²) in [6.45, 7) is 9.75. The van der Waals surface area contributed by atoms with Gasteiger partial charge >= 0.3 is 6.09 Å². The van der Waals surface area contributed by atoms with Crippen LogP contribution in [-0.4, -0.2) is 66.5 Å². The maximum absolute atomic E-state index is 11.9. The number of aliphatic hydroxyl groups is 1. The number of benzene rings is 3. The van der Waals surface area contributed by atoms with Crippen molar-refractivity contribution in [3.05, 3.63) is 112 Å². The van der Waals surface area contributed by atoms with Crippen LogP contribution in [0.2, 0.25) is 0 Å². The van der Waals surface area contributed by atoms with Gasteiger partial charge in [-0.25, -0.2) is 4.79 Å².